The number of fused-ring (bicyclic) bond motifs is 1. The van der Waals surface area contributed by atoms with Gasteiger partial charge in [-0.3, -0.25) is 4.57 Å². The maximum atomic E-state index is 5.92. The highest BCUT2D eigenvalue weighted by atomic mass is 35.5. The lowest BCUT2D eigenvalue weighted by molar-refractivity contribution is 0.911. The Bertz CT molecular complexity index is 713. The summed E-state index contributed by atoms with van der Waals surface area (Å²) in [5, 5.41) is 0. The van der Waals surface area contributed by atoms with Gasteiger partial charge in [0, 0.05) is 18.0 Å². The van der Waals surface area contributed by atoms with Crippen molar-refractivity contribution in [1.82, 2.24) is 9.55 Å². The SMILES string of the molecule is CCc1ccc(-n2c(CCCl)nc3ccccc32)cc1. The predicted molar refractivity (Wildman–Crippen MR) is 84.9 cm³/mol. The number of alkyl halides is 1. The van der Waals surface area contributed by atoms with Gasteiger partial charge in [0.05, 0.1) is 11.0 Å². The Hall–Kier alpha value is -1.80. The van der Waals surface area contributed by atoms with Gasteiger partial charge in [0.2, 0.25) is 0 Å². The molecule has 102 valence electrons. The van der Waals surface area contributed by atoms with Crippen LogP contribution in [0.2, 0.25) is 0 Å². The molecular formula is C17H17ClN2. The van der Waals surface area contributed by atoms with E-state index in [-0.39, 0.29) is 0 Å². The summed E-state index contributed by atoms with van der Waals surface area (Å²) in [4.78, 5) is 4.70. The number of rotatable bonds is 4. The molecule has 0 radical (unpaired) electrons. The summed E-state index contributed by atoms with van der Waals surface area (Å²) in [6, 6.07) is 16.9. The summed E-state index contributed by atoms with van der Waals surface area (Å²) in [6.07, 6.45) is 1.82. The molecule has 0 N–H and O–H groups in total. The molecule has 0 aliphatic rings. The number of para-hydroxylation sites is 2. The first-order valence-electron chi connectivity index (χ1n) is 6.95. The zero-order chi connectivity index (χ0) is 13.9. The van der Waals surface area contributed by atoms with E-state index in [0.29, 0.717) is 5.88 Å². The van der Waals surface area contributed by atoms with Crippen molar-refractivity contribution >= 4 is 22.6 Å². The Labute approximate surface area is 124 Å². The predicted octanol–water partition coefficient (Wildman–Crippen LogP) is 4.37. The van der Waals surface area contributed by atoms with Crippen LogP contribution in [0.15, 0.2) is 48.5 Å². The molecule has 0 spiro atoms. The third kappa shape index (κ3) is 2.32. The van der Waals surface area contributed by atoms with Gasteiger partial charge in [-0.2, -0.15) is 0 Å². The second kappa shape index (κ2) is 5.68. The number of aryl methyl sites for hydroxylation is 2. The minimum atomic E-state index is 0.580. The maximum Gasteiger partial charge on any atom is 0.115 e. The summed E-state index contributed by atoms with van der Waals surface area (Å²) in [5.41, 5.74) is 4.65. The minimum absolute atomic E-state index is 0.580. The largest absolute Gasteiger partial charge is 0.296 e. The van der Waals surface area contributed by atoms with E-state index in [0.717, 1.165) is 35.4 Å². The van der Waals surface area contributed by atoms with Crippen LogP contribution in [0, 0.1) is 0 Å². The lowest BCUT2D eigenvalue weighted by Crippen LogP contribution is -2.02. The Balaban J connectivity index is 2.18. The maximum absolute atomic E-state index is 5.92. The summed E-state index contributed by atoms with van der Waals surface area (Å²) < 4.78 is 2.21. The molecule has 0 unspecified atom stereocenters. The number of hydrogen-bond acceptors (Lipinski definition) is 1. The number of nitrogens with zero attached hydrogens (tertiary/aromatic N) is 2. The monoisotopic (exact) mass is 284 g/mol. The minimum Gasteiger partial charge on any atom is -0.296 e. The summed E-state index contributed by atoms with van der Waals surface area (Å²) in [5.74, 6) is 1.60. The van der Waals surface area contributed by atoms with E-state index in [1.165, 1.54) is 5.56 Å². The van der Waals surface area contributed by atoms with Crippen LogP contribution in [-0.4, -0.2) is 15.4 Å². The molecule has 2 aromatic carbocycles. The molecule has 0 bridgehead atoms. The Morgan fingerprint density at radius 2 is 1.80 bits per heavy atom. The van der Waals surface area contributed by atoms with Crippen molar-refractivity contribution in [3.63, 3.8) is 0 Å². The van der Waals surface area contributed by atoms with E-state index in [4.69, 9.17) is 16.6 Å². The average molecular weight is 285 g/mol. The Morgan fingerprint density at radius 1 is 1.05 bits per heavy atom. The summed E-state index contributed by atoms with van der Waals surface area (Å²) >= 11 is 5.92. The fourth-order valence-corrected chi connectivity index (χ4v) is 2.67. The Morgan fingerprint density at radius 3 is 2.50 bits per heavy atom. The third-order valence-corrected chi connectivity index (χ3v) is 3.74. The first kappa shape index (κ1) is 13.2. The van der Waals surface area contributed by atoms with Gasteiger partial charge in [-0.05, 0) is 36.2 Å². The number of hydrogen-bond donors (Lipinski definition) is 0. The molecule has 0 atom stereocenters. The number of aromatic nitrogens is 2. The van der Waals surface area contributed by atoms with E-state index in [9.17, 15) is 0 Å². The Kier molecular flexibility index (Phi) is 3.75. The molecule has 20 heavy (non-hydrogen) atoms. The van der Waals surface area contributed by atoms with Gasteiger partial charge >= 0.3 is 0 Å². The van der Waals surface area contributed by atoms with Crippen molar-refractivity contribution in [1.29, 1.82) is 0 Å². The standard InChI is InChI=1S/C17H17ClN2/c1-2-13-7-9-14(10-8-13)20-16-6-4-3-5-15(16)19-17(20)11-12-18/h3-10H,2,11-12H2,1H3. The van der Waals surface area contributed by atoms with Crippen LogP contribution in [0.1, 0.15) is 18.3 Å². The van der Waals surface area contributed by atoms with Crippen LogP contribution >= 0.6 is 11.6 Å². The normalized spacial score (nSPS) is 11.1. The van der Waals surface area contributed by atoms with Crippen LogP contribution in [-0.2, 0) is 12.8 Å². The number of halogens is 1. The van der Waals surface area contributed by atoms with E-state index in [1.807, 2.05) is 18.2 Å². The van der Waals surface area contributed by atoms with Gasteiger partial charge in [0.25, 0.3) is 0 Å². The second-order valence-electron chi connectivity index (χ2n) is 4.81. The van der Waals surface area contributed by atoms with Crippen LogP contribution in [0.4, 0.5) is 0 Å². The van der Waals surface area contributed by atoms with Crippen LogP contribution < -0.4 is 0 Å². The lowest BCUT2D eigenvalue weighted by Gasteiger charge is -2.09. The fourth-order valence-electron chi connectivity index (χ4n) is 2.50. The van der Waals surface area contributed by atoms with Gasteiger partial charge in [-0.1, -0.05) is 31.2 Å². The molecule has 3 rings (SSSR count). The van der Waals surface area contributed by atoms with E-state index in [2.05, 4.69) is 41.8 Å². The molecule has 0 aliphatic heterocycles. The molecular weight excluding hydrogens is 268 g/mol. The molecule has 3 heteroatoms. The smallest absolute Gasteiger partial charge is 0.115 e. The molecule has 0 fully saturated rings. The van der Waals surface area contributed by atoms with E-state index in [1.54, 1.807) is 0 Å². The zero-order valence-electron chi connectivity index (χ0n) is 11.5. The van der Waals surface area contributed by atoms with Gasteiger partial charge in [-0.25, -0.2) is 4.98 Å². The van der Waals surface area contributed by atoms with Crippen molar-refractivity contribution in [2.75, 3.05) is 5.88 Å². The highest BCUT2D eigenvalue weighted by molar-refractivity contribution is 6.17. The van der Waals surface area contributed by atoms with E-state index >= 15 is 0 Å². The van der Waals surface area contributed by atoms with E-state index < -0.39 is 0 Å². The van der Waals surface area contributed by atoms with Gasteiger partial charge in [0.15, 0.2) is 0 Å². The van der Waals surface area contributed by atoms with Crippen molar-refractivity contribution in [2.45, 2.75) is 19.8 Å². The average Bonchev–Trinajstić information content (AvgIpc) is 2.86. The van der Waals surface area contributed by atoms with Gasteiger partial charge in [-0.15, -0.1) is 11.6 Å². The number of benzene rings is 2. The zero-order valence-corrected chi connectivity index (χ0v) is 12.3. The molecule has 0 aliphatic carbocycles. The summed E-state index contributed by atoms with van der Waals surface area (Å²) in [7, 11) is 0. The van der Waals surface area contributed by atoms with Crippen LogP contribution in [0.5, 0.6) is 0 Å². The topological polar surface area (TPSA) is 17.8 Å². The van der Waals surface area contributed by atoms with Crippen molar-refractivity contribution in [2.24, 2.45) is 0 Å². The third-order valence-electron chi connectivity index (χ3n) is 3.55. The molecule has 3 aromatic rings. The summed E-state index contributed by atoms with van der Waals surface area (Å²) in [6.45, 7) is 2.17. The van der Waals surface area contributed by atoms with Crippen molar-refractivity contribution in [3.8, 4) is 5.69 Å². The highest BCUT2D eigenvalue weighted by Crippen LogP contribution is 2.22. The van der Waals surface area contributed by atoms with Gasteiger partial charge in [0.1, 0.15) is 5.82 Å². The first-order chi connectivity index (χ1) is 9.83. The number of imidazole rings is 1. The molecule has 0 saturated carbocycles. The molecule has 0 saturated heterocycles. The van der Waals surface area contributed by atoms with Gasteiger partial charge < -0.3 is 0 Å². The molecule has 2 nitrogen and oxygen atoms in total. The quantitative estimate of drug-likeness (QED) is 0.651. The molecule has 1 heterocycles. The molecule has 1 aromatic heterocycles. The second-order valence-corrected chi connectivity index (χ2v) is 5.19. The lowest BCUT2D eigenvalue weighted by atomic mass is 10.1. The first-order valence-corrected chi connectivity index (χ1v) is 7.48. The van der Waals surface area contributed by atoms with Crippen LogP contribution in [0.25, 0.3) is 16.7 Å². The van der Waals surface area contributed by atoms with Crippen molar-refractivity contribution in [3.05, 3.63) is 59.9 Å². The fraction of sp³-hybridized carbons (Fsp3) is 0.235. The highest BCUT2D eigenvalue weighted by Gasteiger charge is 2.11. The van der Waals surface area contributed by atoms with Crippen molar-refractivity contribution < 1.29 is 0 Å². The molecule has 0 amide bonds. The van der Waals surface area contributed by atoms with Crippen LogP contribution in [0.3, 0.4) is 0 Å².